The summed E-state index contributed by atoms with van der Waals surface area (Å²) in [7, 11) is 1.76. The molecule has 19 heavy (non-hydrogen) atoms. The van der Waals surface area contributed by atoms with Crippen molar-refractivity contribution in [3.05, 3.63) is 46.8 Å². The maximum absolute atomic E-state index is 13.9. The van der Waals surface area contributed by atoms with Crippen molar-refractivity contribution in [2.45, 2.75) is 25.9 Å². The molecule has 0 fully saturated rings. The summed E-state index contributed by atoms with van der Waals surface area (Å²) in [5.41, 5.74) is 1.26. The van der Waals surface area contributed by atoms with E-state index in [9.17, 15) is 4.39 Å². The van der Waals surface area contributed by atoms with E-state index >= 15 is 0 Å². The zero-order chi connectivity index (χ0) is 14.0. The van der Waals surface area contributed by atoms with Gasteiger partial charge >= 0.3 is 0 Å². The van der Waals surface area contributed by atoms with Crippen molar-refractivity contribution in [2.24, 2.45) is 0 Å². The van der Waals surface area contributed by atoms with Gasteiger partial charge < -0.3 is 5.32 Å². The van der Waals surface area contributed by atoms with Crippen LogP contribution in [0.1, 0.15) is 37.2 Å². The second-order valence-electron chi connectivity index (χ2n) is 4.53. The van der Waals surface area contributed by atoms with Crippen LogP contribution in [0.4, 0.5) is 4.39 Å². The number of nitrogens with one attached hydrogen (secondary N) is 1. The molecule has 0 amide bonds. The first-order valence-corrected chi connectivity index (χ1v) is 6.43. The van der Waals surface area contributed by atoms with Gasteiger partial charge in [-0.25, -0.2) is 4.39 Å². The minimum atomic E-state index is -0.366. The van der Waals surface area contributed by atoms with Gasteiger partial charge in [0.05, 0.1) is 29.2 Å². The first kappa shape index (κ1) is 14.0. The number of pyridine rings is 1. The third-order valence-corrected chi connectivity index (χ3v) is 3.24. The third-order valence-electron chi connectivity index (χ3n) is 2.95. The monoisotopic (exact) mass is 282 g/mol. The molecule has 0 radical (unpaired) electrons. The topological polar surface area (TPSA) is 42.7 Å². The van der Waals surface area contributed by atoms with E-state index in [1.165, 1.54) is 6.20 Å². The van der Waals surface area contributed by atoms with Crippen molar-refractivity contribution in [3.63, 3.8) is 0 Å². The molecule has 2 aromatic heterocycles. The van der Waals surface area contributed by atoms with Gasteiger partial charge in [-0.15, -0.1) is 0 Å². The number of hydrogen-bond donors (Lipinski definition) is 1. The molecular weight excluding hydrogens is 267 g/mol. The second-order valence-corrected chi connectivity index (χ2v) is 4.94. The van der Waals surface area contributed by atoms with E-state index in [1.807, 2.05) is 13.8 Å². The highest BCUT2D eigenvalue weighted by Crippen LogP contribution is 2.30. The fourth-order valence-electron chi connectivity index (χ4n) is 2.09. The van der Waals surface area contributed by atoms with Crippen molar-refractivity contribution < 1.29 is 4.39 Å². The summed E-state index contributed by atoms with van der Waals surface area (Å²) in [6, 6.07) is 1.42. The van der Waals surface area contributed by atoms with Gasteiger partial charge in [0.1, 0.15) is 5.82 Å². The van der Waals surface area contributed by atoms with Gasteiger partial charge in [-0.2, -0.15) is 5.10 Å². The summed E-state index contributed by atoms with van der Waals surface area (Å²) in [4.78, 5) is 3.76. The molecule has 6 heteroatoms. The van der Waals surface area contributed by atoms with Gasteiger partial charge in [0.2, 0.25) is 0 Å². The number of aromatic nitrogens is 3. The first-order valence-electron chi connectivity index (χ1n) is 6.05. The maximum atomic E-state index is 13.9. The summed E-state index contributed by atoms with van der Waals surface area (Å²) in [6.07, 6.45) is 4.34. The lowest BCUT2D eigenvalue weighted by Crippen LogP contribution is -2.23. The number of rotatable bonds is 4. The number of hydrogen-bond acceptors (Lipinski definition) is 3. The van der Waals surface area contributed by atoms with Crippen LogP contribution >= 0.6 is 11.6 Å². The number of halogens is 2. The molecule has 0 aliphatic carbocycles. The van der Waals surface area contributed by atoms with Crippen molar-refractivity contribution in [1.29, 1.82) is 0 Å². The van der Waals surface area contributed by atoms with E-state index in [1.54, 1.807) is 30.2 Å². The highest BCUT2D eigenvalue weighted by atomic mass is 35.5. The molecule has 102 valence electrons. The summed E-state index contributed by atoms with van der Waals surface area (Å²) in [6.45, 7) is 4.00. The van der Waals surface area contributed by atoms with Crippen LogP contribution in [0.15, 0.2) is 24.7 Å². The molecule has 0 saturated heterocycles. The van der Waals surface area contributed by atoms with Gasteiger partial charge in [-0.05, 0) is 27.0 Å². The van der Waals surface area contributed by atoms with Crippen LogP contribution < -0.4 is 5.32 Å². The smallest absolute Gasteiger partial charge is 0.146 e. The average Bonchev–Trinajstić information content (AvgIpc) is 2.75. The SMILES string of the molecule is CNC(c1ccncc1F)c1c(Cl)cnn1C(C)C. The van der Waals surface area contributed by atoms with Gasteiger partial charge in [0.25, 0.3) is 0 Å². The van der Waals surface area contributed by atoms with Crippen LogP contribution in [0, 0.1) is 5.82 Å². The van der Waals surface area contributed by atoms with Gasteiger partial charge in [0, 0.05) is 17.8 Å². The number of nitrogens with zero attached hydrogens (tertiary/aromatic N) is 3. The van der Waals surface area contributed by atoms with Crippen LogP contribution in [0.3, 0.4) is 0 Å². The molecule has 2 heterocycles. The summed E-state index contributed by atoms with van der Waals surface area (Å²) in [5.74, 6) is -0.366. The Hall–Kier alpha value is -1.46. The lowest BCUT2D eigenvalue weighted by Gasteiger charge is -2.21. The molecule has 1 N–H and O–H groups in total. The van der Waals surface area contributed by atoms with Gasteiger partial charge in [-0.1, -0.05) is 11.6 Å². The Labute approximate surface area is 116 Å². The molecule has 1 atom stereocenters. The second kappa shape index (κ2) is 5.67. The Morgan fingerprint density at radius 2 is 2.11 bits per heavy atom. The highest BCUT2D eigenvalue weighted by molar-refractivity contribution is 6.31. The van der Waals surface area contributed by atoms with E-state index in [-0.39, 0.29) is 17.9 Å². The molecule has 0 spiro atoms. The van der Waals surface area contributed by atoms with Crippen molar-refractivity contribution in [1.82, 2.24) is 20.1 Å². The average molecular weight is 283 g/mol. The summed E-state index contributed by atoms with van der Waals surface area (Å²) >= 11 is 6.20. The van der Waals surface area contributed by atoms with Crippen molar-refractivity contribution in [2.75, 3.05) is 7.05 Å². The predicted molar refractivity (Wildman–Crippen MR) is 72.7 cm³/mol. The predicted octanol–water partition coefficient (Wildman–Crippen LogP) is 2.96. The highest BCUT2D eigenvalue weighted by Gasteiger charge is 2.24. The third kappa shape index (κ3) is 2.62. The molecule has 1 unspecified atom stereocenters. The molecule has 2 rings (SSSR count). The Morgan fingerprint density at radius 3 is 2.68 bits per heavy atom. The minimum absolute atomic E-state index is 0.142. The fraction of sp³-hybridized carbons (Fsp3) is 0.385. The molecule has 2 aromatic rings. The van der Waals surface area contributed by atoms with Crippen LogP contribution in [-0.4, -0.2) is 21.8 Å². The molecule has 0 bridgehead atoms. The van der Waals surface area contributed by atoms with Gasteiger partial charge in [0.15, 0.2) is 0 Å². The summed E-state index contributed by atoms with van der Waals surface area (Å²) < 4.78 is 15.7. The van der Waals surface area contributed by atoms with Crippen molar-refractivity contribution >= 4 is 11.6 Å². The van der Waals surface area contributed by atoms with E-state index < -0.39 is 0 Å². The zero-order valence-corrected chi connectivity index (χ0v) is 11.8. The largest absolute Gasteiger partial charge is 0.308 e. The molecule has 0 saturated carbocycles. The first-order chi connectivity index (χ1) is 9.06. The van der Waals surface area contributed by atoms with Crippen molar-refractivity contribution in [3.8, 4) is 0 Å². The molecule has 0 aliphatic heterocycles. The fourth-order valence-corrected chi connectivity index (χ4v) is 2.33. The Morgan fingerprint density at radius 1 is 1.37 bits per heavy atom. The lowest BCUT2D eigenvalue weighted by molar-refractivity contribution is 0.475. The zero-order valence-electron chi connectivity index (χ0n) is 11.1. The Kier molecular flexibility index (Phi) is 4.17. The molecule has 0 aliphatic rings. The minimum Gasteiger partial charge on any atom is -0.308 e. The molecule has 0 aromatic carbocycles. The van der Waals surface area contributed by atoms with Gasteiger partial charge in [-0.3, -0.25) is 9.67 Å². The standard InChI is InChI=1S/C13H16ClFN4/c1-8(2)19-13(10(14)6-18-19)12(16-3)9-4-5-17-7-11(9)15/h4-8,12,16H,1-3H3. The van der Waals surface area contributed by atoms with E-state index in [0.717, 1.165) is 5.69 Å². The van der Waals surface area contributed by atoms with E-state index in [0.29, 0.717) is 10.6 Å². The van der Waals surface area contributed by atoms with Crippen LogP contribution in [0.5, 0.6) is 0 Å². The van der Waals surface area contributed by atoms with E-state index in [2.05, 4.69) is 15.4 Å². The molecular formula is C13H16ClFN4. The maximum Gasteiger partial charge on any atom is 0.146 e. The Bertz CT molecular complexity index is 568. The van der Waals surface area contributed by atoms with E-state index in [4.69, 9.17) is 11.6 Å². The molecule has 4 nitrogen and oxygen atoms in total. The van der Waals surface area contributed by atoms with Crippen LogP contribution in [-0.2, 0) is 0 Å². The van der Waals surface area contributed by atoms with Crippen LogP contribution in [0.2, 0.25) is 5.02 Å². The lowest BCUT2D eigenvalue weighted by atomic mass is 10.0. The Balaban J connectivity index is 2.55. The van der Waals surface area contributed by atoms with Crippen LogP contribution in [0.25, 0.3) is 0 Å². The normalized spacial score (nSPS) is 12.9. The summed E-state index contributed by atoms with van der Waals surface area (Å²) in [5, 5.41) is 7.85. The quantitative estimate of drug-likeness (QED) is 0.937.